The number of esters is 1. The third kappa shape index (κ3) is 3.29. The van der Waals surface area contributed by atoms with Gasteiger partial charge in [0.05, 0.1) is 7.11 Å². The number of ether oxygens (including phenoxy) is 1. The Bertz CT molecular complexity index is 442. The van der Waals surface area contributed by atoms with Gasteiger partial charge < -0.3 is 15.6 Å². The molecular formula is C12H15NO4. The second kappa shape index (κ2) is 5.45. The largest absolute Gasteiger partial charge is 0.508 e. The fraction of sp³-hybridized carbons (Fsp3) is 0.333. The van der Waals surface area contributed by atoms with E-state index in [1.807, 2.05) is 0 Å². The van der Waals surface area contributed by atoms with Crippen molar-refractivity contribution in [2.24, 2.45) is 5.73 Å². The zero-order valence-electron chi connectivity index (χ0n) is 9.77. The van der Waals surface area contributed by atoms with Crippen LogP contribution in [-0.4, -0.2) is 30.0 Å². The zero-order valence-corrected chi connectivity index (χ0v) is 9.77. The maximum Gasteiger partial charge on any atom is 0.322 e. The maximum absolute atomic E-state index is 11.4. The van der Waals surface area contributed by atoms with Gasteiger partial charge in [-0.2, -0.15) is 0 Å². The number of aromatic hydroxyl groups is 1. The van der Waals surface area contributed by atoms with E-state index in [1.165, 1.54) is 26.2 Å². The molecule has 0 bridgehead atoms. The molecule has 0 aliphatic carbocycles. The molecule has 0 aromatic heterocycles. The van der Waals surface area contributed by atoms with Crippen LogP contribution >= 0.6 is 0 Å². The van der Waals surface area contributed by atoms with Crippen molar-refractivity contribution in [1.82, 2.24) is 0 Å². The van der Waals surface area contributed by atoms with Crippen LogP contribution in [0.25, 0.3) is 0 Å². The number of rotatable bonds is 4. The molecule has 0 fully saturated rings. The molecule has 0 aliphatic rings. The molecular weight excluding hydrogens is 222 g/mol. The monoisotopic (exact) mass is 237 g/mol. The number of carbonyl (C=O) groups is 2. The highest BCUT2D eigenvalue weighted by molar-refractivity contribution is 5.96. The number of hydrogen-bond acceptors (Lipinski definition) is 5. The maximum atomic E-state index is 11.4. The number of hydrogen-bond donors (Lipinski definition) is 2. The summed E-state index contributed by atoms with van der Waals surface area (Å²) in [5, 5.41) is 9.30. The highest BCUT2D eigenvalue weighted by atomic mass is 16.5. The standard InChI is InChI=1S/C12H15NO4/c1-7(14)10-6-9(15)4-3-8(10)5-11(13)12(16)17-2/h3-4,6,11,15H,5,13H2,1-2H3/t11-/m0/s1. The summed E-state index contributed by atoms with van der Waals surface area (Å²) in [6.45, 7) is 1.39. The van der Waals surface area contributed by atoms with Crippen molar-refractivity contribution < 1.29 is 19.4 Å². The van der Waals surface area contributed by atoms with Gasteiger partial charge in [-0.15, -0.1) is 0 Å². The van der Waals surface area contributed by atoms with Crippen LogP contribution in [-0.2, 0) is 16.0 Å². The zero-order chi connectivity index (χ0) is 13.0. The molecule has 3 N–H and O–H groups in total. The Kier molecular flexibility index (Phi) is 4.23. The Morgan fingerprint density at radius 1 is 1.47 bits per heavy atom. The molecule has 0 saturated carbocycles. The van der Waals surface area contributed by atoms with Crippen LogP contribution in [0.1, 0.15) is 22.8 Å². The summed E-state index contributed by atoms with van der Waals surface area (Å²) >= 11 is 0. The number of phenols is 1. The van der Waals surface area contributed by atoms with Crippen LogP contribution in [0.2, 0.25) is 0 Å². The van der Waals surface area contributed by atoms with E-state index in [0.717, 1.165) is 0 Å². The van der Waals surface area contributed by atoms with Crippen molar-refractivity contribution >= 4 is 11.8 Å². The molecule has 0 spiro atoms. The van der Waals surface area contributed by atoms with Gasteiger partial charge in [-0.1, -0.05) is 6.07 Å². The van der Waals surface area contributed by atoms with Gasteiger partial charge in [0, 0.05) is 5.56 Å². The molecule has 5 nitrogen and oxygen atoms in total. The molecule has 1 aromatic carbocycles. The van der Waals surface area contributed by atoms with Gasteiger partial charge in [-0.05, 0) is 31.0 Å². The molecule has 17 heavy (non-hydrogen) atoms. The van der Waals surface area contributed by atoms with Crippen LogP contribution in [0.5, 0.6) is 5.75 Å². The molecule has 0 radical (unpaired) electrons. The summed E-state index contributed by atoms with van der Waals surface area (Å²) < 4.78 is 4.51. The van der Waals surface area contributed by atoms with Gasteiger partial charge in [0.25, 0.3) is 0 Å². The predicted molar refractivity (Wildman–Crippen MR) is 61.8 cm³/mol. The minimum Gasteiger partial charge on any atom is -0.508 e. The first-order chi connectivity index (χ1) is 7.95. The van der Waals surface area contributed by atoms with E-state index in [2.05, 4.69) is 4.74 Å². The van der Waals surface area contributed by atoms with E-state index < -0.39 is 12.0 Å². The van der Waals surface area contributed by atoms with Crippen LogP contribution < -0.4 is 5.73 Å². The van der Waals surface area contributed by atoms with E-state index in [0.29, 0.717) is 11.1 Å². The van der Waals surface area contributed by atoms with Gasteiger partial charge in [0.1, 0.15) is 11.8 Å². The molecule has 1 rings (SSSR count). The van der Waals surface area contributed by atoms with Crippen molar-refractivity contribution in [1.29, 1.82) is 0 Å². The molecule has 0 unspecified atom stereocenters. The van der Waals surface area contributed by atoms with Crippen molar-refractivity contribution in [2.45, 2.75) is 19.4 Å². The molecule has 5 heteroatoms. The van der Waals surface area contributed by atoms with Gasteiger partial charge in [0.15, 0.2) is 5.78 Å². The summed E-state index contributed by atoms with van der Waals surface area (Å²) in [5.74, 6) is -0.717. The van der Waals surface area contributed by atoms with Gasteiger partial charge in [0.2, 0.25) is 0 Å². The van der Waals surface area contributed by atoms with Gasteiger partial charge in [-0.3, -0.25) is 9.59 Å². The third-order valence-corrected chi connectivity index (χ3v) is 2.42. The first-order valence-corrected chi connectivity index (χ1v) is 5.12. The molecule has 1 atom stereocenters. The number of Topliss-reactive ketones (excluding diaryl/α,β-unsaturated/α-hetero) is 1. The minimum absolute atomic E-state index is 0.00518. The average Bonchev–Trinajstić information content (AvgIpc) is 2.29. The van der Waals surface area contributed by atoms with Gasteiger partial charge >= 0.3 is 5.97 Å². The molecule has 0 aliphatic heterocycles. The molecule has 92 valence electrons. The third-order valence-electron chi connectivity index (χ3n) is 2.42. The van der Waals surface area contributed by atoms with Crippen molar-refractivity contribution in [3.05, 3.63) is 29.3 Å². The van der Waals surface area contributed by atoms with Gasteiger partial charge in [-0.25, -0.2) is 0 Å². The molecule has 0 saturated heterocycles. The summed E-state index contributed by atoms with van der Waals surface area (Å²) in [7, 11) is 1.25. The molecule has 1 aromatic rings. The first kappa shape index (κ1) is 13.2. The Balaban J connectivity index is 2.98. The van der Waals surface area contributed by atoms with Crippen LogP contribution in [0.15, 0.2) is 18.2 Å². The number of phenolic OH excluding ortho intramolecular Hbond substituents is 1. The van der Waals surface area contributed by atoms with Crippen LogP contribution in [0.3, 0.4) is 0 Å². The number of nitrogens with two attached hydrogens (primary N) is 1. The lowest BCUT2D eigenvalue weighted by atomic mass is 9.98. The number of methoxy groups -OCH3 is 1. The van der Waals surface area contributed by atoms with E-state index in [4.69, 9.17) is 5.73 Å². The van der Waals surface area contributed by atoms with E-state index >= 15 is 0 Å². The van der Waals surface area contributed by atoms with Crippen LogP contribution in [0.4, 0.5) is 0 Å². The van der Waals surface area contributed by atoms with Crippen molar-refractivity contribution in [2.75, 3.05) is 7.11 Å². The molecule has 0 heterocycles. The normalized spacial score (nSPS) is 11.9. The average molecular weight is 237 g/mol. The van der Waals surface area contributed by atoms with Crippen molar-refractivity contribution in [3.8, 4) is 5.75 Å². The lowest BCUT2D eigenvalue weighted by molar-refractivity contribution is -0.142. The topological polar surface area (TPSA) is 89.6 Å². The second-order valence-electron chi connectivity index (χ2n) is 3.73. The Morgan fingerprint density at radius 2 is 2.12 bits per heavy atom. The highest BCUT2D eigenvalue weighted by Crippen LogP contribution is 2.18. The highest BCUT2D eigenvalue weighted by Gasteiger charge is 2.17. The summed E-state index contributed by atoms with van der Waals surface area (Å²) in [6.07, 6.45) is 0.196. The lowest BCUT2D eigenvalue weighted by Crippen LogP contribution is -2.34. The number of benzene rings is 1. The fourth-order valence-corrected chi connectivity index (χ4v) is 1.54. The number of carbonyl (C=O) groups excluding carboxylic acids is 2. The van der Waals surface area contributed by atoms with E-state index in [-0.39, 0.29) is 18.0 Å². The SMILES string of the molecule is COC(=O)[C@@H](N)Cc1ccc(O)cc1C(C)=O. The Hall–Kier alpha value is -1.88. The Labute approximate surface area is 99.2 Å². The first-order valence-electron chi connectivity index (χ1n) is 5.12. The predicted octanol–water partition coefficient (Wildman–Crippen LogP) is 0.638. The Morgan fingerprint density at radius 3 is 2.65 bits per heavy atom. The minimum atomic E-state index is -0.817. The van der Waals surface area contributed by atoms with E-state index in [9.17, 15) is 14.7 Å². The summed E-state index contributed by atoms with van der Waals surface area (Å²) in [4.78, 5) is 22.6. The van der Waals surface area contributed by atoms with E-state index in [1.54, 1.807) is 6.07 Å². The smallest absolute Gasteiger partial charge is 0.322 e. The number of ketones is 1. The van der Waals surface area contributed by atoms with Crippen LogP contribution in [0, 0.1) is 0 Å². The second-order valence-corrected chi connectivity index (χ2v) is 3.73. The molecule has 0 amide bonds. The quantitative estimate of drug-likeness (QED) is 0.592. The lowest BCUT2D eigenvalue weighted by Gasteiger charge is -2.12. The fourth-order valence-electron chi connectivity index (χ4n) is 1.54. The van der Waals surface area contributed by atoms with Crippen molar-refractivity contribution in [3.63, 3.8) is 0 Å². The summed E-state index contributed by atoms with van der Waals surface area (Å²) in [6, 6.07) is 3.57. The summed E-state index contributed by atoms with van der Waals surface area (Å²) in [5.41, 5.74) is 6.60.